The lowest BCUT2D eigenvalue weighted by Crippen LogP contribution is -2.41. The predicted molar refractivity (Wildman–Crippen MR) is 138 cm³/mol. The summed E-state index contributed by atoms with van der Waals surface area (Å²) >= 11 is 5.80. The molecule has 0 fully saturated rings. The van der Waals surface area contributed by atoms with E-state index >= 15 is 0 Å². The van der Waals surface area contributed by atoms with Gasteiger partial charge in [0.1, 0.15) is 17.6 Å². The van der Waals surface area contributed by atoms with Crippen LogP contribution < -0.4 is 15.6 Å². The molecule has 0 amide bonds. The third kappa shape index (κ3) is 5.99. The van der Waals surface area contributed by atoms with Crippen molar-refractivity contribution in [3.8, 4) is 5.88 Å². The summed E-state index contributed by atoms with van der Waals surface area (Å²) in [7, 11) is -0.271. The van der Waals surface area contributed by atoms with Gasteiger partial charge in [-0.15, -0.1) is 0 Å². The van der Waals surface area contributed by atoms with Gasteiger partial charge < -0.3 is 19.0 Å². The molecule has 0 atom stereocenters. The summed E-state index contributed by atoms with van der Waals surface area (Å²) in [6, 6.07) is 4.61. The van der Waals surface area contributed by atoms with Gasteiger partial charge in [-0.2, -0.15) is 4.98 Å². The summed E-state index contributed by atoms with van der Waals surface area (Å²) in [6.45, 7) is 13.2. The molecule has 0 aliphatic carbocycles. The maximum atomic E-state index is 13.3. The standard InChI is InChI=1S/C24H31ClF2N4O3Si/c1-14-10-16-18(31(5)23(14)32)12-19(33-8-9-34-35(6,7)24(2,3)4)30-22(16)29-15-11-17(21(26)27)20(25)28-13-15/h10-13,21H,8-9H2,1-7H3,(H,29,30). The van der Waals surface area contributed by atoms with Crippen LogP contribution in [-0.4, -0.2) is 36.1 Å². The summed E-state index contributed by atoms with van der Waals surface area (Å²) in [6.07, 6.45) is -1.43. The van der Waals surface area contributed by atoms with Crippen molar-refractivity contribution >= 4 is 42.3 Å². The number of aromatic nitrogens is 3. The van der Waals surface area contributed by atoms with Gasteiger partial charge in [0.05, 0.1) is 29.6 Å². The maximum absolute atomic E-state index is 13.3. The first-order valence-corrected chi connectivity index (χ1v) is 14.5. The number of nitrogens with zero attached hydrogens (tertiary/aromatic N) is 3. The number of pyridine rings is 3. The Labute approximate surface area is 209 Å². The monoisotopic (exact) mass is 524 g/mol. The third-order valence-corrected chi connectivity index (χ3v) is 11.2. The molecule has 0 aliphatic rings. The number of fused-ring (bicyclic) bond motifs is 1. The van der Waals surface area contributed by atoms with Crippen molar-refractivity contribution in [3.63, 3.8) is 0 Å². The first-order chi connectivity index (χ1) is 16.2. The second-order valence-electron chi connectivity index (χ2n) is 9.92. The molecule has 0 saturated heterocycles. The zero-order chi connectivity index (χ0) is 26.1. The normalized spacial score (nSPS) is 12.4. The fourth-order valence-electron chi connectivity index (χ4n) is 3.24. The number of halogens is 3. The topological polar surface area (TPSA) is 78.3 Å². The largest absolute Gasteiger partial charge is 0.475 e. The van der Waals surface area contributed by atoms with Crippen LogP contribution >= 0.6 is 11.6 Å². The van der Waals surface area contributed by atoms with E-state index in [2.05, 4.69) is 49.1 Å². The first kappa shape index (κ1) is 27.0. The number of ether oxygens (including phenoxy) is 1. The zero-order valence-corrected chi connectivity index (χ0v) is 22.8. The van der Waals surface area contributed by atoms with Crippen LogP contribution in [0.3, 0.4) is 0 Å². The number of alkyl halides is 2. The molecule has 3 heterocycles. The van der Waals surface area contributed by atoms with Gasteiger partial charge in [0.2, 0.25) is 5.88 Å². The van der Waals surface area contributed by atoms with Crippen molar-refractivity contribution in [1.82, 2.24) is 14.5 Å². The van der Waals surface area contributed by atoms with Gasteiger partial charge in [-0.25, -0.2) is 13.8 Å². The fraction of sp³-hybridized carbons (Fsp3) is 0.458. The van der Waals surface area contributed by atoms with E-state index in [1.807, 2.05) is 0 Å². The smallest absolute Gasteiger partial charge is 0.266 e. The van der Waals surface area contributed by atoms with Crippen LogP contribution in [-0.2, 0) is 11.5 Å². The highest BCUT2D eigenvalue weighted by atomic mass is 35.5. The average Bonchev–Trinajstić information content (AvgIpc) is 2.76. The molecule has 3 aromatic rings. The van der Waals surface area contributed by atoms with Gasteiger partial charge in [0.25, 0.3) is 12.0 Å². The van der Waals surface area contributed by atoms with Gasteiger partial charge in [0.15, 0.2) is 8.32 Å². The number of hydrogen-bond donors (Lipinski definition) is 1. The van der Waals surface area contributed by atoms with Crippen molar-refractivity contribution in [2.24, 2.45) is 7.05 Å². The van der Waals surface area contributed by atoms with Gasteiger partial charge in [0, 0.05) is 24.1 Å². The molecule has 0 spiro atoms. The molecule has 0 radical (unpaired) electrons. The predicted octanol–water partition coefficient (Wildman–Crippen LogP) is 6.37. The van der Waals surface area contributed by atoms with Crippen molar-refractivity contribution in [1.29, 1.82) is 0 Å². The number of nitrogens with one attached hydrogen (secondary N) is 1. The fourth-order valence-corrected chi connectivity index (χ4v) is 4.46. The van der Waals surface area contributed by atoms with Crippen LogP contribution in [0.5, 0.6) is 5.88 Å². The highest BCUT2D eigenvalue weighted by Gasteiger charge is 2.36. The van der Waals surface area contributed by atoms with Gasteiger partial charge in [-0.3, -0.25) is 4.79 Å². The molecular weight excluding hydrogens is 494 g/mol. The van der Waals surface area contributed by atoms with Crippen LogP contribution in [0.1, 0.15) is 38.3 Å². The zero-order valence-electron chi connectivity index (χ0n) is 21.0. The molecule has 0 aliphatic heterocycles. The van der Waals surface area contributed by atoms with Crippen molar-refractivity contribution in [2.45, 2.75) is 52.3 Å². The Hall–Kier alpha value is -2.56. The molecule has 35 heavy (non-hydrogen) atoms. The molecule has 0 bridgehead atoms. The Morgan fingerprint density at radius 2 is 1.89 bits per heavy atom. The Kier molecular flexibility index (Phi) is 7.88. The van der Waals surface area contributed by atoms with E-state index in [0.717, 1.165) is 0 Å². The molecule has 0 saturated carbocycles. The highest BCUT2D eigenvalue weighted by molar-refractivity contribution is 6.74. The van der Waals surface area contributed by atoms with E-state index in [4.69, 9.17) is 20.8 Å². The number of aryl methyl sites for hydroxylation is 2. The molecule has 190 valence electrons. The van der Waals surface area contributed by atoms with E-state index in [-0.39, 0.29) is 39.5 Å². The van der Waals surface area contributed by atoms with E-state index < -0.39 is 14.7 Å². The van der Waals surface area contributed by atoms with E-state index in [9.17, 15) is 13.6 Å². The summed E-state index contributed by atoms with van der Waals surface area (Å²) in [5.41, 5.74) is 0.830. The molecule has 1 N–H and O–H groups in total. The summed E-state index contributed by atoms with van der Waals surface area (Å²) in [4.78, 5) is 20.9. The minimum absolute atomic E-state index is 0.0745. The molecule has 3 rings (SSSR count). The lowest BCUT2D eigenvalue weighted by Gasteiger charge is -2.36. The summed E-state index contributed by atoms with van der Waals surface area (Å²) < 4.78 is 40.2. The van der Waals surface area contributed by atoms with Crippen molar-refractivity contribution < 1.29 is 17.9 Å². The molecule has 3 aromatic heterocycles. The lowest BCUT2D eigenvalue weighted by molar-refractivity contribution is 0.151. The van der Waals surface area contributed by atoms with E-state index in [1.54, 1.807) is 26.1 Å². The minimum atomic E-state index is -2.78. The van der Waals surface area contributed by atoms with Gasteiger partial charge in [-0.05, 0) is 37.2 Å². The molecule has 7 nitrogen and oxygen atoms in total. The number of anilines is 2. The SMILES string of the molecule is Cc1cc2c(Nc3cnc(Cl)c(C(F)F)c3)nc(OCCO[Si](C)(C)C(C)(C)C)cc2n(C)c1=O. The summed E-state index contributed by atoms with van der Waals surface area (Å²) in [5.74, 6) is 0.611. The second-order valence-corrected chi connectivity index (χ2v) is 15.1. The van der Waals surface area contributed by atoms with E-state index in [0.29, 0.717) is 28.9 Å². The maximum Gasteiger partial charge on any atom is 0.266 e. The quantitative estimate of drug-likeness (QED) is 0.209. The Balaban J connectivity index is 1.95. The van der Waals surface area contributed by atoms with Crippen LogP contribution in [0.25, 0.3) is 10.9 Å². The third-order valence-electron chi connectivity index (χ3n) is 6.34. The summed E-state index contributed by atoms with van der Waals surface area (Å²) in [5, 5.41) is 3.47. The average molecular weight is 525 g/mol. The Morgan fingerprint density at radius 1 is 1.20 bits per heavy atom. The Bertz CT molecular complexity index is 1290. The number of rotatable bonds is 8. The van der Waals surface area contributed by atoms with Crippen LogP contribution in [0.15, 0.2) is 29.2 Å². The van der Waals surface area contributed by atoms with Crippen LogP contribution in [0, 0.1) is 6.92 Å². The lowest BCUT2D eigenvalue weighted by atomic mass is 10.2. The molecule has 11 heteroatoms. The number of hydrogen-bond acceptors (Lipinski definition) is 6. The van der Waals surface area contributed by atoms with Gasteiger partial charge >= 0.3 is 0 Å². The van der Waals surface area contributed by atoms with Crippen LogP contribution in [0.4, 0.5) is 20.3 Å². The minimum Gasteiger partial charge on any atom is -0.475 e. The van der Waals surface area contributed by atoms with Gasteiger partial charge in [-0.1, -0.05) is 32.4 Å². The van der Waals surface area contributed by atoms with E-state index in [1.165, 1.54) is 16.8 Å². The first-order valence-electron chi connectivity index (χ1n) is 11.2. The van der Waals surface area contributed by atoms with Crippen molar-refractivity contribution in [2.75, 3.05) is 18.5 Å². The molecule has 0 aromatic carbocycles. The second kappa shape index (κ2) is 10.2. The Morgan fingerprint density at radius 3 is 2.51 bits per heavy atom. The highest BCUT2D eigenvalue weighted by Crippen LogP contribution is 2.36. The van der Waals surface area contributed by atoms with Crippen molar-refractivity contribution in [3.05, 3.63) is 51.0 Å². The van der Waals surface area contributed by atoms with Crippen LogP contribution in [0.2, 0.25) is 23.3 Å². The molecular formula is C24H31ClF2N4O3Si. The molecule has 0 unspecified atom stereocenters.